The van der Waals surface area contributed by atoms with Crippen LogP contribution in [-0.4, -0.2) is 23.0 Å². The SMILES string of the molecule is COc1ccccc1C(=O)NCc1ccc(-c2ccccn2)nc1. The van der Waals surface area contributed by atoms with Gasteiger partial charge >= 0.3 is 0 Å². The third kappa shape index (κ3) is 3.57. The smallest absolute Gasteiger partial charge is 0.255 e. The highest BCUT2D eigenvalue weighted by Crippen LogP contribution is 2.17. The molecule has 1 aromatic carbocycles. The van der Waals surface area contributed by atoms with Gasteiger partial charge in [-0.05, 0) is 35.9 Å². The van der Waals surface area contributed by atoms with Crippen molar-refractivity contribution in [2.75, 3.05) is 7.11 Å². The maximum Gasteiger partial charge on any atom is 0.255 e. The van der Waals surface area contributed by atoms with E-state index in [1.165, 1.54) is 0 Å². The first kappa shape index (κ1) is 15.7. The normalized spacial score (nSPS) is 10.2. The molecule has 120 valence electrons. The minimum Gasteiger partial charge on any atom is -0.496 e. The van der Waals surface area contributed by atoms with Gasteiger partial charge in [0.2, 0.25) is 0 Å². The zero-order chi connectivity index (χ0) is 16.8. The molecule has 0 fully saturated rings. The van der Waals surface area contributed by atoms with Crippen LogP contribution in [0.3, 0.4) is 0 Å². The van der Waals surface area contributed by atoms with Crippen molar-refractivity contribution in [2.45, 2.75) is 6.54 Å². The number of benzene rings is 1. The van der Waals surface area contributed by atoms with Gasteiger partial charge in [0.25, 0.3) is 5.91 Å². The summed E-state index contributed by atoms with van der Waals surface area (Å²) >= 11 is 0. The number of methoxy groups -OCH3 is 1. The van der Waals surface area contributed by atoms with E-state index >= 15 is 0 Å². The fourth-order valence-corrected chi connectivity index (χ4v) is 2.30. The molecular weight excluding hydrogens is 302 g/mol. The van der Waals surface area contributed by atoms with Crippen molar-refractivity contribution < 1.29 is 9.53 Å². The summed E-state index contributed by atoms with van der Waals surface area (Å²) < 4.78 is 5.20. The number of carbonyl (C=O) groups is 1. The molecule has 0 aliphatic heterocycles. The summed E-state index contributed by atoms with van der Waals surface area (Å²) in [6.45, 7) is 0.395. The summed E-state index contributed by atoms with van der Waals surface area (Å²) in [4.78, 5) is 20.9. The molecule has 0 unspecified atom stereocenters. The van der Waals surface area contributed by atoms with Crippen LogP contribution in [0.25, 0.3) is 11.4 Å². The van der Waals surface area contributed by atoms with Crippen molar-refractivity contribution in [3.8, 4) is 17.1 Å². The molecule has 24 heavy (non-hydrogen) atoms. The van der Waals surface area contributed by atoms with Crippen molar-refractivity contribution in [1.82, 2.24) is 15.3 Å². The molecule has 3 aromatic rings. The quantitative estimate of drug-likeness (QED) is 0.785. The molecule has 5 heteroatoms. The van der Waals surface area contributed by atoms with E-state index in [-0.39, 0.29) is 5.91 Å². The molecule has 1 amide bonds. The molecule has 0 saturated heterocycles. The average Bonchev–Trinajstić information content (AvgIpc) is 2.67. The largest absolute Gasteiger partial charge is 0.496 e. The van der Waals surface area contributed by atoms with E-state index in [9.17, 15) is 4.79 Å². The lowest BCUT2D eigenvalue weighted by molar-refractivity contribution is 0.0948. The van der Waals surface area contributed by atoms with E-state index in [0.29, 0.717) is 17.9 Å². The standard InChI is InChI=1S/C19H17N3O2/c1-24-18-8-3-2-6-15(18)19(23)22-13-14-9-10-17(21-12-14)16-7-4-5-11-20-16/h2-12H,13H2,1H3,(H,22,23). The Kier molecular flexibility index (Phi) is 4.81. The Hall–Kier alpha value is -3.21. The molecule has 0 atom stereocenters. The third-order valence-electron chi connectivity index (χ3n) is 3.56. The number of aromatic nitrogens is 2. The average molecular weight is 319 g/mol. The second kappa shape index (κ2) is 7.37. The number of ether oxygens (including phenoxy) is 1. The molecule has 0 radical (unpaired) electrons. The zero-order valence-corrected chi connectivity index (χ0v) is 13.3. The van der Waals surface area contributed by atoms with Gasteiger partial charge < -0.3 is 10.1 Å². The van der Waals surface area contributed by atoms with Gasteiger partial charge in [0.05, 0.1) is 24.1 Å². The van der Waals surface area contributed by atoms with Crippen LogP contribution in [0, 0.1) is 0 Å². The molecule has 0 saturated carbocycles. The first-order valence-electron chi connectivity index (χ1n) is 7.55. The number of nitrogens with zero attached hydrogens (tertiary/aromatic N) is 2. The number of para-hydroxylation sites is 1. The maximum absolute atomic E-state index is 12.3. The molecule has 1 N–H and O–H groups in total. The van der Waals surface area contributed by atoms with E-state index in [0.717, 1.165) is 17.0 Å². The number of nitrogens with one attached hydrogen (secondary N) is 1. The highest BCUT2D eigenvalue weighted by atomic mass is 16.5. The summed E-state index contributed by atoms with van der Waals surface area (Å²) in [7, 11) is 1.55. The third-order valence-corrected chi connectivity index (χ3v) is 3.56. The van der Waals surface area contributed by atoms with Crippen molar-refractivity contribution >= 4 is 5.91 Å². The molecule has 3 rings (SSSR count). The monoisotopic (exact) mass is 319 g/mol. The lowest BCUT2D eigenvalue weighted by Gasteiger charge is -2.09. The van der Waals surface area contributed by atoms with Crippen LogP contribution in [0.2, 0.25) is 0 Å². The highest BCUT2D eigenvalue weighted by Gasteiger charge is 2.11. The van der Waals surface area contributed by atoms with Crippen molar-refractivity contribution in [2.24, 2.45) is 0 Å². The number of amides is 1. The summed E-state index contributed by atoms with van der Waals surface area (Å²) in [6.07, 6.45) is 3.48. The molecule has 2 aromatic heterocycles. The van der Waals surface area contributed by atoms with Crippen molar-refractivity contribution in [3.05, 3.63) is 78.1 Å². The molecule has 0 spiro atoms. The van der Waals surface area contributed by atoms with Crippen LogP contribution in [0.4, 0.5) is 0 Å². The minimum atomic E-state index is -0.179. The van der Waals surface area contributed by atoms with Crippen molar-refractivity contribution in [3.63, 3.8) is 0 Å². The van der Waals surface area contributed by atoms with Gasteiger partial charge in [0.1, 0.15) is 5.75 Å². The highest BCUT2D eigenvalue weighted by molar-refractivity contribution is 5.96. The number of hydrogen-bond acceptors (Lipinski definition) is 4. The predicted octanol–water partition coefficient (Wildman–Crippen LogP) is 3.08. The van der Waals surface area contributed by atoms with Crippen LogP contribution < -0.4 is 10.1 Å². The van der Waals surface area contributed by atoms with E-state index < -0.39 is 0 Å². The van der Waals surface area contributed by atoms with Gasteiger partial charge in [-0.25, -0.2) is 0 Å². The summed E-state index contributed by atoms with van der Waals surface area (Å²) in [5.41, 5.74) is 3.05. The molecule has 0 bridgehead atoms. The number of carbonyl (C=O) groups excluding carboxylic acids is 1. The van der Waals surface area contributed by atoms with Gasteiger partial charge in [0, 0.05) is 18.9 Å². The lowest BCUT2D eigenvalue weighted by Crippen LogP contribution is -2.23. The first-order valence-corrected chi connectivity index (χ1v) is 7.55. The number of pyridine rings is 2. The van der Waals surface area contributed by atoms with Gasteiger partial charge in [-0.3, -0.25) is 14.8 Å². The minimum absolute atomic E-state index is 0.179. The van der Waals surface area contributed by atoms with Gasteiger partial charge in [-0.1, -0.05) is 24.3 Å². The second-order valence-electron chi connectivity index (χ2n) is 5.15. The lowest BCUT2D eigenvalue weighted by atomic mass is 10.1. The maximum atomic E-state index is 12.3. The number of hydrogen-bond donors (Lipinski definition) is 1. The van der Waals surface area contributed by atoms with E-state index in [1.807, 2.05) is 36.4 Å². The fourth-order valence-electron chi connectivity index (χ4n) is 2.30. The van der Waals surface area contributed by atoms with E-state index in [4.69, 9.17) is 4.74 Å². The van der Waals surface area contributed by atoms with Crippen LogP contribution in [-0.2, 0) is 6.54 Å². The Balaban J connectivity index is 1.66. The Morgan fingerprint density at radius 3 is 2.50 bits per heavy atom. The van der Waals surface area contributed by atoms with Crippen LogP contribution >= 0.6 is 0 Å². The molecule has 5 nitrogen and oxygen atoms in total. The number of rotatable bonds is 5. The summed E-state index contributed by atoms with van der Waals surface area (Å²) in [5, 5.41) is 2.87. The van der Waals surface area contributed by atoms with Crippen LogP contribution in [0.1, 0.15) is 15.9 Å². The molecule has 2 heterocycles. The van der Waals surface area contributed by atoms with Gasteiger partial charge in [0.15, 0.2) is 0 Å². The van der Waals surface area contributed by atoms with Gasteiger partial charge in [-0.15, -0.1) is 0 Å². The second-order valence-corrected chi connectivity index (χ2v) is 5.15. The van der Waals surface area contributed by atoms with E-state index in [1.54, 1.807) is 37.7 Å². The predicted molar refractivity (Wildman–Crippen MR) is 91.6 cm³/mol. The van der Waals surface area contributed by atoms with E-state index in [2.05, 4.69) is 15.3 Å². The van der Waals surface area contributed by atoms with Crippen LogP contribution in [0.15, 0.2) is 67.0 Å². The van der Waals surface area contributed by atoms with Crippen molar-refractivity contribution in [1.29, 1.82) is 0 Å². The first-order chi connectivity index (χ1) is 11.8. The summed E-state index contributed by atoms with van der Waals surface area (Å²) in [6, 6.07) is 16.7. The Bertz CT molecular complexity index is 818. The summed E-state index contributed by atoms with van der Waals surface area (Å²) in [5.74, 6) is 0.375. The topological polar surface area (TPSA) is 64.1 Å². The van der Waals surface area contributed by atoms with Gasteiger partial charge in [-0.2, -0.15) is 0 Å². The Morgan fingerprint density at radius 1 is 1.00 bits per heavy atom. The molecular formula is C19H17N3O2. The molecule has 0 aliphatic carbocycles. The Morgan fingerprint density at radius 2 is 1.79 bits per heavy atom. The Labute approximate surface area is 140 Å². The molecule has 0 aliphatic rings. The van der Waals surface area contributed by atoms with Crippen LogP contribution in [0.5, 0.6) is 5.75 Å². The fraction of sp³-hybridized carbons (Fsp3) is 0.105. The zero-order valence-electron chi connectivity index (χ0n) is 13.3.